The number of nitrogens with one attached hydrogen (secondary N) is 1. The Morgan fingerprint density at radius 1 is 1.42 bits per heavy atom. The van der Waals surface area contributed by atoms with Gasteiger partial charge in [0, 0.05) is 23.8 Å². The highest BCUT2D eigenvalue weighted by Crippen LogP contribution is 2.24. The SMILES string of the molecule is COC(=O)C1=C(Nc2ccc3ncccc3c2)C(=O)N(CCO)C1. The largest absolute Gasteiger partial charge is 0.466 e. The standard InChI is InChI=1S/C17H17N3O4/c1-24-17(23)13-10-20(7-8-21)16(22)15(13)19-12-4-5-14-11(9-12)3-2-6-18-14/h2-6,9,19,21H,7-8,10H2,1H3. The Morgan fingerprint density at radius 2 is 2.25 bits per heavy atom. The topological polar surface area (TPSA) is 91.8 Å². The summed E-state index contributed by atoms with van der Waals surface area (Å²) >= 11 is 0. The summed E-state index contributed by atoms with van der Waals surface area (Å²) in [6.07, 6.45) is 1.71. The number of esters is 1. The number of ether oxygens (including phenoxy) is 1. The van der Waals surface area contributed by atoms with Gasteiger partial charge in [-0.15, -0.1) is 0 Å². The minimum atomic E-state index is -0.561. The van der Waals surface area contributed by atoms with Crippen LogP contribution in [0.4, 0.5) is 5.69 Å². The zero-order chi connectivity index (χ0) is 17.1. The molecule has 1 aromatic carbocycles. The quantitative estimate of drug-likeness (QED) is 0.793. The van der Waals surface area contributed by atoms with E-state index < -0.39 is 5.97 Å². The van der Waals surface area contributed by atoms with Gasteiger partial charge in [0.25, 0.3) is 5.91 Å². The minimum Gasteiger partial charge on any atom is -0.466 e. The molecule has 1 amide bonds. The average molecular weight is 327 g/mol. The van der Waals surface area contributed by atoms with E-state index in [0.717, 1.165) is 10.9 Å². The van der Waals surface area contributed by atoms with Gasteiger partial charge < -0.3 is 20.1 Å². The van der Waals surface area contributed by atoms with Gasteiger partial charge in [-0.25, -0.2) is 4.79 Å². The molecular formula is C17H17N3O4. The van der Waals surface area contributed by atoms with Gasteiger partial charge in [0.15, 0.2) is 0 Å². The summed E-state index contributed by atoms with van der Waals surface area (Å²) in [7, 11) is 1.27. The lowest BCUT2D eigenvalue weighted by atomic mass is 10.2. The van der Waals surface area contributed by atoms with Gasteiger partial charge in [-0.2, -0.15) is 0 Å². The van der Waals surface area contributed by atoms with Gasteiger partial charge in [0.05, 0.1) is 31.4 Å². The van der Waals surface area contributed by atoms with Crippen molar-refractivity contribution in [3.8, 4) is 0 Å². The van der Waals surface area contributed by atoms with Crippen molar-refractivity contribution in [2.24, 2.45) is 0 Å². The lowest BCUT2D eigenvalue weighted by Crippen LogP contribution is -2.31. The number of aromatic nitrogens is 1. The van der Waals surface area contributed by atoms with Crippen molar-refractivity contribution in [3.05, 3.63) is 47.8 Å². The molecule has 0 fully saturated rings. The molecular weight excluding hydrogens is 310 g/mol. The molecule has 0 aliphatic carbocycles. The van der Waals surface area contributed by atoms with E-state index in [1.165, 1.54) is 12.0 Å². The fourth-order valence-electron chi connectivity index (χ4n) is 2.65. The molecule has 1 aliphatic rings. The highest BCUT2D eigenvalue weighted by Gasteiger charge is 2.34. The molecule has 0 radical (unpaired) electrons. The van der Waals surface area contributed by atoms with Crippen LogP contribution in [0.1, 0.15) is 0 Å². The van der Waals surface area contributed by atoms with E-state index >= 15 is 0 Å². The number of amides is 1. The first-order valence-electron chi connectivity index (χ1n) is 7.47. The lowest BCUT2D eigenvalue weighted by molar-refractivity contribution is -0.136. The predicted molar refractivity (Wildman–Crippen MR) is 88.1 cm³/mol. The second-order valence-electron chi connectivity index (χ2n) is 5.33. The number of carbonyl (C=O) groups excluding carboxylic acids is 2. The number of nitrogens with zero attached hydrogens (tertiary/aromatic N) is 2. The number of hydrogen-bond donors (Lipinski definition) is 2. The van der Waals surface area contributed by atoms with Crippen LogP contribution in [0.25, 0.3) is 10.9 Å². The van der Waals surface area contributed by atoms with Crippen LogP contribution >= 0.6 is 0 Å². The highest BCUT2D eigenvalue weighted by atomic mass is 16.5. The van der Waals surface area contributed by atoms with E-state index in [1.54, 1.807) is 12.3 Å². The number of β-amino-alcohol motifs (C(OH)–C–C–N with tert-alkyl or cyclic N) is 1. The zero-order valence-electron chi connectivity index (χ0n) is 13.2. The van der Waals surface area contributed by atoms with E-state index in [1.807, 2.05) is 24.3 Å². The second-order valence-corrected chi connectivity index (χ2v) is 5.33. The van der Waals surface area contributed by atoms with Gasteiger partial charge in [-0.1, -0.05) is 6.07 Å². The summed E-state index contributed by atoms with van der Waals surface area (Å²) < 4.78 is 4.76. The Kier molecular flexibility index (Phi) is 4.43. The monoisotopic (exact) mass is 327 g/mol. The third kappa shape index (κ3) is 2.93. The summed E-state index contributed by atoms with van der Waals surface area (Å²) in [5, 5.41) is 13.0. The van der Waals surface area contributed by atoms with Crippen LogP contribution in [0.3, 0.4) is 0 Å². The van der Waals surface area contributed by atoms with Gasteiger partial charge in [-0.05, 0) is 24.3 Å². The Bertz CT molecular complexity index is 831. The molecule has 0 bridgehead atoms. The second kappa shape index (κ2) is 6.67. The number of aliphatic hydroxyl groups is 1. The van der Waals surface area contributed by atoms with E-state index in [-0.39, 0.29) is 36.9 Å². The van der Waals surface area contributed by atoms with E-state index in [0.29, 0.717) is 5.69 Å². The van der Waals surface area contributed by atoms with E-state index in [4.69, 9.17) is 9.84 Å². The number of aliphatic hydroxyl groups excluding tert-OH is 1. The number of pyridine rings is 1. The fourth-order valence-corrected chi connectivity index (χ4v) is 2.65. The van der Waals surface area contributed by atoms with Crippen LogP contribution in [0.2, 0.25) is 0 Å². The highest BCUT2D eigenvalue weighted by molar-refractivity contribution is 6.08. The number of carbonyl (C=O) groups is 2. The molecule has 24 heavy (non-hydrogen) atoms. The van der Waals surface area contributed by atoms with Crippen molar-refractivity contribution in [1.82, 2.24) is 9.88 Å². The zero-order valence-corrected chi connectivity index (χ0v) is 13.2. The van der Waals surface area contributed by atoms with Gasteiger partial charge in [0.1, 0.15) is 5.70 Å². The molecule has 0 saturated carbocycles. The van der Waals surface area contributed by atoms with Crippen LogP contribution in [0, 0.1) is 0 Å². The molecule has 0 saturated heterocycles. The molecule has 124 valence electrons. The van der Waals surface area contributed by atoms with Gasteiger partial charge in [-0.3, -0.25) is 9.78 Å². The molecule has 3 rings (SSSR count). The summed E-state index contributed by atoms with van der Waals surface area (Å²) in [6, 6.07) is 9.22. The molecule has 0 unspecified atom stereocenters. The third-order valence-corrected chi connectivity index (χ3v) is 3.83. The fraction of sp³-hybridized carbons (Fsp3) is 0.235. The first kappa shape index (κ1) is 15.9. The molecule has 1 aromatic heterocycles. The van der Waals surface area contributed by atoms with Crippen LogP contribution in [-0.4, -0.2) is 53.7 Å². The molecule has 2 heterocycles. The van der Waals surface area contributed by atoms with Crippen LogP contribution in [0.15, 0.2) is 47.8 Å². The van der Waals surface area contributed by atoms with Gasteiger partial charge >= 0.3 is 5.97 Å². The normalized spacial score (nSPS) is 14.4. The summed E-state index contributed by atoms with van der Waals surface area (Å²) in [5.74, 6) is -0.899. The first-order chi connectivity index (χ1) is 11.6. The molecule has 2 aromatic rings. The minimum absolute atomic E-state index is 0.115. The molecule has 1 aliphatic heterocycles. The Morgan fingerprint density at radius 3 is 3.00 bits per heavy atom. The molecule has 2 N–H and O–H groups in total. The number of hydrogen-bond acceptors (Lipinski definition) is 6. The Balaban J connectivity index is 1.93. The Hall–Kier alpha value is -2.93. The average Bonchev–Trinajstić information content (AvgIpc) is 2.91. The van der Waals surface area contributed by atoms with E-state index in [9.17, 15) is 9.59 Å². The van der Waals surface area contributed by atoms with Crippen molar-refractivity contribution in [1.29, 1.82) is 0 Å². The maximum atomic E-state index is 12.5. The molecule has 7 heteroatoms. The summed E-state index contributed by atoms with van der Waals surface area (Å²) in [4.78, 5) is 30.1. The lowest BCUT2D eigenvalue weighted by Gasteiger charge is -2.15. The van der Waals surface area contributed by atoms with Gasteiger partial charge in [0.2, 0.25) is 0 Å². The molecule has 0 atom stereocenters. The number of rotatable bonds is 5. The molecule has 0 spiro atoms. The maximum absolute atomic E-state index is 12.5. The number of anilines is 1. The summed E-state index contributed by atoms with van der Waals surface area (Å²) in [5.41, 5.74) is 1.94. The number of benzene rings is 1. The Labute approximate surface area is 138 Å². The maximum Gasteiger partial charge on any atom is 0.337 e. The van der Waals surface area contributed by atoms with Crippen molar-refractivity contribution in [2.45, 2.75) is 0 Å². The van der Waals surface area contributed by atoms with Crippen LogP contribution < -0.4 is 5.32 Å². The van der Waals surface area contributed by atoms with Crippen molar-refractivity contribution >= 4 is 28.5 Å². The van der Waals surface area contributed by atoms with Crippen molar-refractivity contribution < 1.29 is 19.4 Å². The van der Waals surface area contributed by atoms with Crippen molar-refractivity contribution in [3.63, 3.8) is 0 Å². The van der Waals surface area contributed by atoms with Crippen molar-refractivity contribution in [2.75, 3.05) is 32.1 Å². The molecule has 7 nitrogen and oxygen atoms in total. The van der Waals surface area contributed by atoms with Crippen LogP contribution in [0.5, 0.6) is 0 Å². The smallest absolute Gasteiger partial charge is 0.337 e. The predicted octanol–water partition coefficient (Wildman–Crippen LogP) is 0.908. The first-order valence-corrected chi connectivity index (χ1v) is 7.47. The third-order valence-electron chi connectivity index (χ3n) is 3.83. The summed E-state index contributed by atoms with van der Waals surface area (Å²) in [6.45, 7) is 0.102. The number of fused-ring (bicyclic) bond motifs is 1. The van der Waals surface area contributed by atoms with Crippen LogP contribution in [-0.2, 0) is 14.3 Å². The number of methoxy groups -OCH3 is 1. The van der Waals surface area contributed by atoms with E-state index in [2.05, 4.69) is 10.3 Å².